The molecule has 180 valence electrons. The molecule has 8 heteroatoms. The molecule has 0 aliphatic carbocycles. The maximum Gasteiger partial charge on any atom is 0.264 e. The SMILES string of the molecule is CCN(CC)c1ccc(CNC(=O)CN(c2ccccc2C)S(=O)(=O)c2ccc(Cl)cc2)cc1. The van der Waals surface area contributed by atoms with Gasteiger partial charge in [-0.15, -0.1) is 0 Å². The van der Waals surface area contributed by atoms with Crippen LogP contribution in [0.5, 0.6) is 0 Å². The molecule has 0 aromatic heterocycles. The minimum Gasteiger partial charge on any atom is -0.372 e. The molecule has 0 heterocycles. The summed E-state index contributed by atoms with van der Waals surface area (Å²) in [5.74, 6) is -0.395. The summed E-state index contributed by atoms with van der Waals surface area (Å²) in [7, 11) is -3.98. The first kappa shape index (κ1) is 25.6. The molecule has 3 aromatic rings. The third kappa shape index (κ3) is 6.10. The maximum atomic E-state index is 13.5. The molecule has 1 amide bonds. The topological polar surface area (TPSA) is 69.7 Å². The van der Waals surface area contributed by atoms with Crippen molar-refractivity contribution in [3.8, 4) is 0 Å². The number of anilines is 2. The van der Waals surface area contributed by atoms with Crippen LogP contribution in [0.1, 0.15) is 25.0 Å². The van der Waals surface area contributed by atoms with Crippen LogP contribution in [0.3, 0.4) is 0 Å². The molecule has 0 saturated carbocycles. The van der Waals surface area contributed by atoms with Gasteiger partial charge in [-0.3, -0.25) is 9.10 Å². The molecule has 0 aliphatic rings. The summed E-state index contributed by atoms with van der Waals surface area (Å²) in [6.45, 7) is 7.83. The molecule has 34 heavy (non-hydrogen) atoms. The van der Waals surface area contributed by atoms with Gasteiger partial charge < -0.3 is 10.2 Å². The molecular weight excluding hydrogens is 470 g/mol. The van der Waals surface area contributed by atoms with E-state index < -0.39 is 15.9 Å². The standard InChI is InChI=1S/C26H30ClN3O3S/c1-4-29(5-2)23-14-10-21(11-15-23)18-28-26(31)19-30(25-9-7-6-8-20(25)3)34(32,33)24-16-12-22(27)13-17-24/h6-17H,4-5,18-19H2,1-3H3,(H,28,31). The fourth-order valence-electron chi connectivity index (χ4n) is 3.68. The van der Waals surface area contributed by atoms with E-state index in [4.69, 9.17) is 11.6 Å². The van der Waals surface area contributed by atoms with Crippen molar-refractivity contribution >= 4 is 38.9 Å². The zero-order chi connectivity index (χ0) is 24.7. The average Bonchev–Trinajstić information content (AvgIpc) is 2.83. The van der Waals surface area contributed by atoms with Gasteiger partial charge in [0.1, 0.15) is 6.54 Å². The number of carbonyl (C=O) groups is 1. The molecule has 0 aliphatic heterocycles. The van der Waals surface area contributed by atoms with Gasteiger partial charge in [-0.05, 0) is 74.4 Å². The number of aryl methyl sites for hydroxylation is 1. The molecular formula is C26H30ClN3O3S. The van der Waals surface area contributed by atoms with E-state index in [0.717, 1.165) is 34.2 Å². The minimum atomic E-state index is -3.98. The first-order chi connectivity index (χ1) is 16.3. The van der Waals surface area contributed by atoms with Crippen LogP contribution in [0.4, 0.5) is 11.4 Å². The molecule has 1 N–H and O–H groups in total. The van der Waals surface area contributed by atoms with Gasteiger partial charge >= 0.3 is 0 Å². The van der Waals surface area contributed by atoms with E-state index in [1.165, 1.54) is 24.3 Å². The predicted octanol–water partition coefficient (Wildman–Crippen LogP) is 5.01. The van der Waals surface area contributed by atoms with Crippen LogP contribution in [0.25, 0.3) is 0 Å². The van der Waals surface area contributed by atoms with Crippen molar-refractivity contribution in [2.45, 2.75) is 32.2 Å². The number of hydrogen-bond donors (Lipinski definition) is 1. The molecule has 0 spiro atoms. The second-order valence-electron chi connectivity index (χ2n) is 7.87. The average molecular weight is 500 g/mol. The van der Waals surface area contributed by atoms with E-state index in [2.05, 4.69) is 24.1 Å². The van der Waals surface area contributed by atoms with E-state index in [1.807, 2.05) is 43.3 Å². The van der Waals surface area contributed by atoms with Crippen LogP contribution in [0.2, 0.25) is 5.02 Å². The van der Waals surface area contributed by atoms with Gasteiger partial charge in [-0.2, -0.15) is 0 Å². The largest absolute Gasteiger partial charge is 0.372 e. The minimum absolute atomic E-state index is 0.0694. The molecule has 0 atom stereocenters. The number of benzene rings is 3. The first-order valence-electron chi connectivity index (χ1n) is 11.2. The van der Waals surface area contributed by atoms with E-state index in [1.54, 1.807) is 12.1 Å². The summed E-state index contributed by atoms with van der Waals surface area (Å²) in [5, 5.41) is 3.28. The first-order valence-corrected chi connectivity index (χ1v) is 13.0. The van der Waals surface area contributed by atoms with Gasteiger partial charge in [0.15, 0.2) is 0 Å². The Kier molecular flexibility index (Phi) is 8.58. The van der Waals surface area contributed by atoms with E-state index in [-0.39, 0.29) is 11.4 Å². The molecule has 3 aromatic carbocycles. The lowest BCUT2D eigenvalue weighted by atomic mass is 10.2. The van der Waals surface area contributed by atoms with Crippen LogP contribution in [-0.4, -0.2) is 34.0 Å². The Balaban J connectivity index is 1.78. The fourth-order valence-corrected chi connectivity index (χ4v) is 5.29. The van der Waals surface area contributed by atoms with E-state index in [0.29, 0.717) is 17.3 Å². The number of amides is 1. The third-order valence-corrected chi connectivity index (χ3v) is 7.65. The Morgan fingerprint density at radius 2 is 1.53 bits per heavy atom. The van der Waals surface area contributed by atoms with Crippen molar-refractivity contribution in [1.29, 1.82) is 0 Å². The monoisotopic (exact) mass is 499 g/mol. The van der Waals surface area contributed by atoms with E-state index >= 15 is 0 Å². The summed E-state index contributed by atoms with van der Waals surface area (Å²) < 4.78 is 28.1. The highest BCUT2D eigenvalue weighted by Gasteiger charge is 2.28. The summed E-state index contributed by atoms with van der Waals surface area (Å²) in [6, 6.07) is 21.0. The number of para-hydroxylation sites is 1. The zero-order valence-corrected chi connectivity index (χ0v) is 21.2. The molecule has 0 bridgehead atoms. The summed E-state index contributed by atoms with van der Waals surface area (Å²) in [5.41, 5.74) is 3.27. The number of rotatable bonds is 10. The summed E-state index contributed by atoms with van der Waals surface area (Å²) in [4.78, 5) is 15.2. The van der Waals surface area contributed by atoms with Crippen molar-refractivity contribution < 1.29 is 13.2 Å². The van der Waals surface area contributed by atoms with Crippen LogP contribution < -0.4 is 14.5 Å². The van der Waals surface area contributed by atoms with Gasteiger partial charge in [-0.25, -0.2) is 8.42 Å². The second-order valence-corrected chi connectivity index (χ2v) is 10.2. The molecule has 6 nitrogen and oxygen atoms in total. The Morgan fingerprint density at radius 1 is 0.912 bits per heavy atom. The third-order valence-electron chi connectivity index (χ3n) is 5.63. The highest BCUT2D eigenvalue weighted by Crippen LogP contribution is 2.27. The normalized spacial score (nSPS) is 11.2. The summed E-state index contributed by atoms with van der Waals surface area (Å²) >= 11 is 5.94. The smallest absolute Gasteiger partial charge is 0.264 e. The lowest BCUT2D eigenvalue weighted by Crippen LogP contribution is -2.41. The second kappa shape index (κ2) is 11.4. The van der Waals surface area contributed by atoms with Gasteiger partial charge in [-0.1, -0.05) is 41.9 Å². The van der Waals surface area contributed by atoms with Crippen LogP contribution in [0, 0.1) is 6.92 Å². The number of carbonyl (C=O) groups excluding carboxylic acids is 1. The highest BCUT2D eigenvalue weighted by molar-refractivity contribution is 7.92. The number of nitrogens with zero attached hydrogens (tertiary/aromatic N) is 2. The summed E-state index contributed by atoms with van der Waals surface area (Å²) in [6.07, 6.45) is 0. The van der Waals surface area contributed by atoms with Crippen molar-refractivity contribution in [1.82, 2.24) is 5.32 Å². The molecule has 0 unspecified atom stereocenters. The lowest BCUT2D eigenvalue weighted by molar-refractivity contribution is -0.119. The number of sulfonamides is 1. The van der Waals surface area contributed by atoms with Crippen LogP contribution >= 0.6 is 11.6 Å². The van der Waals surface area contributed by atoms with E-state index in [9.17, 15) is 13.2 Å². The van der Waals surface area contributed by atoms with Gasteiger partial charge in [0.25, 0.3) is 10.0 Å². The maximum absolute atomic E-state index is 13.5. The van der Waals surface area contributed by atoms with Crippen molar-refractivity contribution in [2.75, 3.05) is 28.8 Å². The number of nitrogens with one attached hydrogen (secondary N) is 1. The van der Waals surface area contributed by atoms with Gasteiger partial charge in [0.05, 0.1) is 10.6 Å². The zero-order valence-electron chi connectivity index (χ0n) is 19.7. The van der Waals surface area contributed by atoms with Gasteiger partial charge in [0, 0.05) is 30.3 Å². The Morgan fingerprint density at radius 3 is 2.12 bits per heavy atom. The quantitative estimate of drug-likeness (QED) is 0.426. The predicted molar refractivity (Wildman–Crippen MR) is 139 cm³/mol. The Bertz CT molecular complexity index is 1210. The molecule has 3 rings (SSSR count). The van der Waals surface area contributed by atoms with Crippen molar-refractivity contribution in [3.63, 3.8) is 0 Å². The number of halogens is 1. The van der Waals surface area contributed by atoms with Gasteiger partial charge in [0.2, 0.25) is 5.91 Å². The molecule has 0 saturated heterocycles. The molecule has 0 radical (unpaired) electrons. The van der Waals surface area contributed by atoms with Crippen molar-refractivity contribution in [3.05, 3.63) is 88.9 Å². The Hall–Kier alpha value is -3.03. The fraction of sp³-hybridized carbons (Fsp3) is 0.269. The highest BCUT2D eigenvalue weighted by atomic mass is 35.5. The van der Waals surface area contributed by atoms with Crippen molar-refractivity contribution in [2.24, 2.45) is 0 Å². The Labute approximate surface area is 207 Å². The van der Waals surface area contributed by atoms with Crippen LogP contribution in [-0.2, 0) is 21.4 Å². The molecule has 0 fully saturated rings. The van der Waals surface area contributed by atoms with Crippen LogP contribution in [0.15, 0.2) is 77.7 Å². The number of hydrogen-bond acceptors (Lipinski definition) is 4. The lowest BCUT2D eigenvalue weighted by Gasteiger charge is -2.25.